The van der Waals surface area contributed by atoms with Crippen LogP contribution in [-0.2, 0) is 10.0 Å². The van der Waals surface area contributed by atoms with Crippen molar-refractivity contribution in [3.63, 3.8) is 0 Å². The number of thiophene rings is 1. The molecular weight excluding hydrogens is 268 g/mol. The van der Waals surface area contributed by atoms with Crippen LogP contribution in [0.25, 0.3) is 10.9 Å². The van der Waals surface area contributed by atoms with Crippen molar-refractivity contribution in [2.45, 2.75) is 4.21 Å². The van der Waals surface area contributed by atoms with Crippen molar-refractivity contribution in [1.82, 2.24) is 4.98 Å². The Balaban J connectivity index is 2.03. The molecule has 0 saturated heterocycles. The minimum atomic E-state index is -3.49. The topological polar surface area (TPSA) is 62.0 Å². The van der Waals surface area contributed by atoms with Crippen LogP contribution in [0.3, 0.4) is 0 Å². The maximum atomic E-state index is 12.1. The van der Waals surface area contributed by atoms with Crippen LogP contribution in [0.2, 0.25) is 0 Å². The van der Waals surface area contributed by atoms with Gasteiger partial charge in [0.05, 0.1) is 5.69 Å². The van der Waals surface area contributed by atoms with Gasteiger partial charge in [0.1, 0.15) is 4.21 Å². The molecule has 0 aliphatic heterocycles. The highest BCUT2D eigenvalue weighted by molar-refractivity contribution is 7.94. The molecule has 0 bridgehead atoms. The van der Waals surface area contributed by atoms with E-state index in [1.807, 2.05) is 6.07 Å². The van der Waals surface area contributed by atoms with E-state index in [4.69, 9.17) is 0 Å². The number of benzene rings is 1. The molecule has 2 heterocycles. The summed E-state index contributed by atoms with van der Waals surface area (Å²) in [4.78, 5) is 3.00. The van der Waals surface area contributed by atoms with E-state index >= 15 is 0 Å². The first kappa shape index (κ1) is 11.3. The Bertz CT molecular complexity index is 773. The molecule has 0 atom stereocenters. The van der Waals surface area contributed by atoms with Crippen LogP contribution in [-0.4, -0.2) is 13.4 Å². The van der Waals surface area contributed by atoms with E-state index in [1.54, 1.807) is 35.8 Å². The smallest absolute Gasteiger partial charge is 0.271 e. The summed E-state index contributed by atoms with van der Waals surface area (Å²) >= 11 is 1.19. The lowest BCUT2D eigenvalue weighted by molar-refractivity contribution is 0.603. The molecule has 0 aliphatic carbocycles. The third kappa shape index (κ3) is 1.89. The van der Waals surface area contributed by atoms with Crippen molar-refractivity contribution >= 4 is 38.0 Å². The largest absolute Gasteiger partial charge is 0.359 e. The van der Waals surface area contributed by atoms with Crippen LogP contribution in [0.5, 0.6) is 0 Å². The van der Waals surface area contributed by atoms with E-state index in [-0.39, 0.29) is 0 Å². The number of nitrogens with one attached hydrogen (secondary N) is 2. The summed E-state index contributed by atoms with van der Waals surface area (Å²) in [5.41, 5.74) is 1.40. The first-order chi connectivity index (χ1) is 8.67. The van der Waals surface area contributed by atoms with Crippen molar-refractivity contribution < 1.29 is 8.42 Å². The summed E-state index contributed by atoms with van der Waals surface area (Å²) in [7, 11) is -3.49. The van der Waals surface area contributed by atoms with Gasteiger partial charge in [-0.3, -0.25) is 4.72 Å². The molecule has 0 fully saturated rings. The average molecular weight is 277 g/mol. The van der Waals surface area contributed by atoms with E-state index in [9.17, 15) is 8.42 Å². The van der Waals surface area contributed by atoms with Gasteiger partial charge in [0, 0.05) is 17.1 Å². The Morgan fingerprint density at radius 3 is 3.00 bits per heavy atom. The number of aromatic nitrogens is 1. The second kappa shape index (κ2) is 4.15. The van der Waals surface area contributed by atoms with Gasteiger partial charge in [-0.05, 0) is 23.6 Å². The van der Waals surface area contributed by atoms with Gasteiger partial charge in [0.15, 0.2) is 0 Å². The SMILES string of the molecule is O=S(=O)(Nc1c[nH]c2c[c]ccc12)c1cccs1. The fraction of sp³-hybridized carbons (Fsp3) is 0. The third-order valence-electron chi connectivity index (χ3n) is 2.53. The van der Waals surface area contributed by atoms with E-state index in [0.717, 1.165) is 10.9 Å². The first-order valence-corrected chi connectivity index (χ1v) is 7.56. The Hall–Kier alpha value is -1.79. The van der Waals surface area contributed by atoms with Gasteiger partial charge in [-0.15, -0.1) is 11.3 Å². The Morgan fingerprint density at radius 1 is 1.33 bits per heavy atom. The number of H-pyrrole nitrogens is 1. The zero-order valence-corrected chi connectivity index (χ0v) is 10.8. The fourth-order valence-corrected chi connectivity index (χ4v) is 3.77. The van der Waals surface area contributed by atoms with Crippen LogP contribution in [0, 0.1) is 6.07 Å². The van der Waals surface area contributed by atoms with Gasteiger partial charge < -0.3 is 4.98 Å². The van der Waals surface area contributed by atoms with Crippen molar-refractivity contribution in [2.75, 3.05) is 4.72 Å². The third-order valence-corrected chi connectivity index (χ3v) is 5.29. The number of aromatic amines is 1. The van der Waals surface area contributed by atoms with Gasteiger partial charge >= 0.3 is 0 Å². The minimum Gasteiger partial charge on any atom is -0.359 e. The molecule has 6 heteroatoms. The molecule has 4 nitrogen and oxygen atoms in total. The highest BCUT2D eigenvalue weighted by Crippen LogP contribution is 2.26. The lowest BCUT2D eigenvalue weighted by Gasteiger charge is -2.04. The Kier molecular flexibility index (Phi) is 2.61. The van der Waals surface area contributed by atoms with Crippen LogP contribution < -0.4 is 4.72 Å². The van der Waals surface area contributed by atoms with Gasteiger partial charge in [-0.2, -0.15) is 0 Å². The lowest BCUT2D eigenvalue weighted by Crippen LogP contribution is -2.10. The molecule has 1 radical (unpaired) electrons. The normalized spacial score (nSPS) is 11.8. The average Bonchev–Trinajstić information content (AvgIpc) is 2.99. The zero-order valence-electron chi connectivity index (χ0n) is 9.17. The zero-order chi connectivity index (χ0) is 12.6. The summed E-state index contributed by atoms with van der Waals surface area (Å²) in [5.74, 6) is 0. The number of rotatable bonds is 3. The molecule has 1 aromatic carbocycles. The molecule has 18 heavy (non-hydrogen) atoms. The molecule has 3 rings (SSSR count). The molecule has 2 N–H and O–H groups in total. The molecule has 2 aromatic heterocycles. The summed E-state index contributed by atoms with van der Waals surface area (Å²) in [5, 5.41) is 2.56. The standard InChI is InChI=1S/C12H9N2O2S2/c15-18(16,12-6-3-7-17-12)14-11-8-13-10-5-2-1-4-9(10)11/h1,3-8,13-14H. The highest BCUT2D eigenvalue weighted by atomic mass is 32.2. The van der Waals surface area contributed by atoms with E-state index < -0.39 is 10.0 Å². The maximum absolute atomic E-state index is 12.1. The molecule has 91 valence electrons. The summed E-state index contributed by atoms with van der Waals surface area (Å²) < 4.78 is 27.0. The second-order valence-electron chi connectivity index (χ2n) is 3.71. The summed E-state index contributed by atoms with van der Waals surface area (Å²) in [6.45, 7) is 0. The minimum absolute atomic E-state index is 0.305. The fourth-order valence-electron chi connectivity index (χ4n) is 1.71. The van der Waals surface area contributed by atoms with E-state index in [1.165, 1.54) is 11.3 Å². The van der Waals surface area contributed by atoms with Crippen LogP contribution in [0.1, 0.15) is 0 Å². The van der Waals surface area contributed by atoms with Gasteiger partial charge in [-0.1, -0.05) is 18.2 Å². The number of hydrogen-bond donors (Lipinski definition) is 2. The molecule has 0 saturated carbocycles. The number of anilines is 1. The Labute approximate surface area is 108 Å². The van der Waals surface area contributed by atoms with Crippen LogP contribution in [0.4, 0.5) is 5.69 Å². The van der Waals surface area contributed by atoms with Crippen molar-refractivity contribution in [3.8, 4) is 0 Å². The van der Waals surface area contributed by atoms with Crippen molar-refractivity contribution in [2.24, 2.45) is 0 Å². The predicted molar refractivity (Wildman–Crippen MR) is 72.3 cm³/mol. The molecular formula is C12H9N2O2S2. The predicted octanol–water partition coefficient (Wildman–Crippen LogP) is 2.83. The van der Waals surface area contributed by atoms with E-state index in [0.29, 0.717) is 9.90 Å². The Morgan fingerprint density at radius 2 is 2.22 bits per heavy atom. The van der Waals surface area contributed by atoms with Gasteiger partial charge in [-0.25, -0.2) is 8.42 Å². The summed E-state index contributed by atoms with van der Waals surface area (Å²) in [6.07, 6.45) is 1.64. The quantitative estimate of drug-likeness (QED) is 0.773. The lowest BCUT2D eigenvalue weighted by atomic mass is 10.2. The number of hydrogen-bond acceptors (Lipinski definition) is 3. The molecule has 3 aromatic rings. The highest BCUT2D eigenvalue weighted by Gasteiger charge is 2.16. The van der Waals surface area contributed by atoms with Gasteiger partial charge in [0.2, 0.25) is 0 Å². The number of fused-ring (bicyclic) bond motifs is 1. The molecule has 0 amide bonds. The molecule has 0 spiro atoms. The number of sulfonamides is 1. The monoisotopic (exact) mass is 277 g/mol. The van der Waals surface area contributed by atoms with Crippen LogP contribution in [0.15, 0.2) is 46.1 Å². The maximum Gasteiger partial charge on any atom is 0.271 e. The molecule has 0 aliphatic rings. The van der Waals surface area contributed by atoms with E-state index in [2.05, 4.69) is 15.8 Å². The van der Waals surface area contributed by atoms with Gasteiger partial charge in [0.25, 0.3) is 10.0 Å². The van der Waals surface area contributed by atoms with Crippen LogP contribution >= 0.6 is 11.3 Å². The van der Waals surface area contributed by atoms with Crippen molar-refractivity contribution in [1.29, 1.82) is 0 Å². The first-order valence-electron chi connectivity index (χ1n) is 5.20. The molecule has 0 unspecified atom stereocenters. The second-order valence-corrected chi connectivity index (χ2v) is 6.57. The van der Waals surface area contributed by atoms with Crippen molar-refractivity contribution in [3.05, 3.63) is 48.0 Å². The summed E-state index contributed by atoms with van der Waals surface area (Å²) in [6, 6.07) is 11.6.